The number of anilines is 1. The van der Waals surface area contributed by atoms with Crippen LogP contribution in [0.15, 0.2) is 36.5 Å². The van der Waals surface area contributed by atoms with Gasteiger partial charge in [0.05, 0.1) is 28.4 Å². The van der Waals surface area contributed by atoms with Crippen molar-refractivity contribution in [2.24, 2.45) is 5.92 Å². The summed E-state index contributed by atoms with van der Waals surface area (Å²) in [7, 11) is 0. The average Bonchev–Trinajstić information content (AvgIpc) is 2.96. The molecule has 1 aliphatic carbocycles. The van der Waals surface area contributed by atoms with Crippen molar-refractivity contribution in [3.8, 4) is 11.8 Å². The first kappa shape index (κ1) is 27.7. The van der Waals surface area contributed by atoms with Crippen LogP contribution in [0.5, 0.6) is 5.75 Å². The van der Waals surface area contributed by atoms with E-state index in [2.05, 4.69) is 26.2 Å². The molecule has 2 aliphatic heterocycles. The van der Waals surface area contributed by atoms with Crippen LogP contribution in [-0.2, 0) is 0 Å². The lowest BCUT2D eigenvalue weighted by Crippen LogP contribution is -2.42. The number of nitriles is 1. The number of benzene rings is 1. The van der Waals surface area contributed by atoms with Crippen LogP contribution in [0.2, 0.25) is 5.02 Å². The van der Waals surface area contributed by atoms with Crippen molar-refractivity contribution in [2.75, 3.05) is 37.6 Å². The minimum atomic E-state index is -0.115. The molecule has 2 saturated heterocycles. The lowest BCUT2D eigenvalue weighted by atomic mass is 9.92. The molecule has 1 aromatic heterocycles. The van der Waals surface area contributed by atoms with Gasteiger partial charge in [-0.2, -0.15) is 5.26 Å². The quantitative estimate of drug-likeness (QED) is 0.526. The molecule has 208 valence electrons. The van der Waals surface area contributed by atoms with Gasteiger partial charge >= 0.3 is 0 Å². The van der Waals surface area contributed by atoms with E-state index in [4.69, 9.17) is 21.6 Å². The Kier molecular flexibility index (Phi) is 9.23. The van der Waals surface area contributed by atoms with Gasteiger partial charge in [-0.25, -0.2) is 4.98 Å². The summed E-state index contributed by atoms with van der Waals surface area (Å²) in [5.41, 5.74) is 1.03. The highest BCUT2D eigenvalue weighted by Crippen LogP contribution is 2.28. The van der Waals surface area contributed by atoms with E-state index in [0.717, 1.165) is 89.9 Å². The molecule has 2 N–H and O–H groups in total. The van der Waals surface area contributed by atoms with Gasteiger partial charge in [-0.1, -0.05) is 11.6 Å². The topological polar surface area (TPSA) is 102 Å². The zero-order valence-corrected chi connectivity index (χ0v) is 23.2. The van der Waals surface area contributed by atoms with Gasteiger partial charge in [0.15, 0.2) is 0 Å². The van der Waals surface area contributed by atoms with Gasteiger partial charge in [-0.15, -0.1) is 0 Å². The predicted molar refractivity (Wildman–Crippen MR) is 151 cm³/mol. The summed E-state index contributed by atoms with van der Waals surface area (Å²) in [5.74, 6) is 2.22. The summed E-state index contributed by atoms with van der Waals surface area (Å²) >= 11 is 6.12. The Morgan fingerprint density at radius 1 is 1.05 bits per heavy atom. The Bertz CT molecular complexity index is 1150. The molecule has 0 atom stereocenters. The Hall–Kier alpha value is -2.86. The third kappa shape index (κ3) is 7.42. The third-order valence-electron chi connectivity index (χ3n) is 8.40. The van der Waals surface area contributed by atoms with E-state index in [9.17, 15) is 9.90 Å². The van der Waals surface area contributed by atoms with Gasteiger partial charge in [0, 0.05) is 51.0 Å². The SMILES string of the molecule is N#Cc1ccc(OC2CCC(NC(=O)c3ccc(N4CCC(CN5CCC(O)CC5)CC4)nc3)CC2)cc1Cl. The number of amides is 1. The van der Waals surface area contributed by atoms with Crippen molar-refractivity contribution >= 4 is 23.3 Å². The summed E-state index contributed by atoms with van der Waals surface area (Å²) in [6, 6.07) is 11.2. The average molecular weight is 552 g/mol. The number of hydrogen-bond donors (Lipinski definition) is 2. The molecular weight excluding hydrogens is 514 g/mol. The molecule has 0 unspecified atom stereocenters. The minimum absolute atomic E-state index is 0.0694. The number of rotatable bonds is 7. The van der Waals surface area contributed by atoms with Crippen LogP contribution in [0.1, 0.15) is 67.3 Å². The zero-order valence-electron chi connectivity index (χ0n) is 22.4. The number of ether oxygens (including phenoxy) is 1. The Morgan fingerprint density at radius 3 is 2.44 bits per heavy atom. The number of nitrogens with zero attached hydrogens (tertiary/aromatic N) is 4. The van der Waals surface area contributed by atoms with E-state index in [1.54, 1.807) is 24.4 Å². The normalized spacial score (nSPS) is 23.3. The molecule has 3 heterocycles. The van der Waals surface area contributed by atoms with Crippen molar-refractivity contribution < 1.29 is 14.6 Å². The van der Waals surface area contributed by atoms with Crippen molar-refractivity contribution in [1.29, 1.82) is 5.26 Å². The predicted octanol–water partition coefficient (Wildman–Crippen LogP) is 4.40. The molecule has 1 amide bonds. The first-order valence-corrected chi connectivity index (χ1v) is 14.6. The number of piperidine rings is 2. The molecule has 1 saturated carbocycles. The minimum Gasteiger partial charge on any atom is -0.490 e. The highest BCUT2D eigenvalue weighted by atomic mass is 35.5. The number of hydrogen-bond acceptors (Lipinski definition) is 7. The highest BCUT2D eigenvalue weighted by molar-refractivity contribution is 6.31. The maximum absolute atomic E-state index is 12.9. The molecule has 0 spiro atoms. The smallest absolute Gasteiger partial charge is 0.253 e. The Balaban J connectivity index is 1.03. The van der Waals surface area contributed by atoms with Crippen LogP contribution in [0, 0.1) is 17.2 Å². The molecule has 0 bridgehead atoms. The number of nitrogens with one attached hydrogen (secondary N) is 1. The van der Waals surface area contributed by atoms with Gasteiger partial charge in [0.25, 0.3) is 5.91 Å². The lowest BCUT2D eigenvalue weighted by molar-refractivity contribution is 0.0723. The van der Waals surface area contributed by atoms with Gasteiger partial charge in [-0.3, -0.25) is 4.79 Å². The second kappa shape index (κ2) is 13.0. The number of aliphatic hydroxyl groups is 1. The fourth-order valence-corrected chi connectivity index (χ4v) is 6.18. The van der Waals surface area contributed by atoms with Crippen LogP contribution in [0.25, 0.3) is 0 Å². The molecule has 2 aromatic rings. The Labute approximate surface area is 235 Å². The van der Waals surface area contributed by atoms with Crippen molar-refractivity contribution in [3.05, 3.63) is 52.7 Å². The van der Waals surface area contributed by atoms with Crippen LogP contribution < -0.4 is 15.0 Å². The van der Waals surface area contributed by atoms with Crippen molar-refractivity contribution in [3.63, 3.8) is 0 Å². The number of pyridine rings is 1. The van der Waals surface area contributed by atoms with Gasteiger partial charge < -0.3 is 25.0 Å². The van der Waals surface area contributed by atoms with E-state index in [-0.39, 0.29) is 24.2 Å². The fraction of sp³-hybridized carbons (Fsp3) is 0.567. The Morgan fingerprint density at radius 2 is 1.79 bits per heavy atom. The molecule has 1 aromatic carbocycles. The summed E-state index contributed by atoms with van der Waals surface area (Å²) in [6.45, 7) is 5.12. The summed E-state index contributed by atoms with van der Waals surface area (Å²) in [5, 5.41) is 22.3. The summed E-state index contributed by atoms with van der Waals surface area (Å²) in [6.07, 6.45) is 9.11. The van der Waals surface area contributed by atoms with E-state index in [0.29, 0.717) is 27.8 Å². The van der Waals surface area contributed by atoms with E-state index in [1.807, 2.05) is 12.1 Å². The van der Waals surface area contributed by atoms with E-state index < -0.39 is 0 Å². The van der Waals surface area contributed by atoms with E-state index in [1.165, 1.54) is 0 Å². The third-order valence-corrected chi connectivity index (χ3v) is 8.71. The molecule has 5 rings (SSSR count). The largest absolute Gasteiger partial charge is 0.490 e. The van der Waals surface area contributed by atoms with Crippen molar-refractivity contribution in [1.82, 2.24) is 15.2 Å². The number of likely N-dealkylation sites (tertiary alicyclic amines) is 1. The molecular formula is C30H38ClN5O3. The fourth-order valence-electron chi connectivity index (χ4n) is 5.97. The molecule has 3 aliphatic rings. The number of aliphatic hydroxyl groups excluding tert-OH is 1. The second-order valence-electron chi connectivity index (χ2n) is 11.2. The van der Waals surface area contributed by atoms with Gasteiger partial charge in [0.1, 0.15) is 17.6 Å². The maximum atomic E-state index is 12.9. The molecule has 8 nitrogen and oxygen atoms in total. The molecule has 3 fully saturated rings. The molecule has 9 heteroatoms. The number of carbonyl (C=O) groups is 1. The van der Waals surface area contributed by atoms with Crippen LogP contribution >= 0.6 is 11.6 Å². The lowest BCUT2D eigenvalue weighted by Gasteiger charge is -2.37. The highest BCUT2D eigenvalue weighted by Gasteiger charge is 2.26. The molecule has 0 radical (unpaired) electrons. The first-order chi connectivity index (χ1) is 19.0. The van der Waals surface area contributed by atoms with E-state index >= 15 is 0 Å². The first-order valence-electron chi connectivity index (χ1n) is 14.3. The van der Waals surface area contributed by atoms with Crippen molar-refractivity contribution in [2.45, 2.75) is 69.6 Å². The van der Waals surface area contributed by atoms with Gasteiger partial charge in [0.2, 0.25) is 0 Å². The molecule has 39 heavy (non-hydrogen) atoms. The number of carbonyl (C=O) groups excluding carboxylic acids is 1. The number of aromatic nitrogens is 1. The van der Waals surface area contributed by atoms with Crippen LogP contribution in [-0.4, -0.2) is 71.9 Å². The van der Waals surface area contributed by atoms with Crippen LogP contribution in [0.4, 0.5) is 5.82 Å². The summed E-state index contributed by atoms with van der Waals surface area (Å²) in [4.78, 5) is 22.3. The monoisotopic (exact) mass is 551 g/mol. The second-order valence-corrected chi connectivity index (χ2v) is 11.6. The van der Waals surface area contributed by atoms with Gasteiger partial charge in [-0.05, 0) is 81.5 Å². The zero-order chi connectivity index (χ0) is 27.2. The standard InChI is InChI=1S/C30H38ClN5O3/c31-28-17-27(5-1-22(28)18-32)39-26-6-3-24(4-7-26)34-30(38)23-2-8-29(33-19-23)36-15-9-21(10-16-36)20-35-13-11-25(37)12-14-35/h1-2,5,8,17,19,21,24-26,37H,3-4,6-7,9-16,20H2,(H,34,38). The summed E-state index contributed by atoms with van der Waals surface area (Å²) < 4.78 is 6.06. The number of halogens is 1. The van der Waals surface area contributed by atoms with Crippen LogP contribution in [0.3, 0.4) is 0 Å². The maximum Gasteiger partial charge on any atom is 0.253 e.